The second kappa shape index (κ2) is 3.71. The SMILES string of the molecule is [B]C([B])(C(C)(C)C)C(C)(C)CCC. The molecule has 0 atom stereocenters. The number of hydrogen-bond donors (Lipinski definition) is 0. The van der Waals surface area contributed by atoms with Crippen molar-refractivity contribution < 1.29 is 0 Å². The molecule has 0 aromatic rings. The minimum atomic E-state index is -0.615. The molecule has 0 aliphatic heterocycles. The van der Waals surface area contributed by atoms with Crippen LogP contribution in [-0.4, -0.2) is 15.7 Å². The molecule has 0 aliphatic carbocycles. The summed E-state index contributed by atoms with van der Waals surface area (Å²) in [5, 5.41) is -0.615. The maximum atomic E-state index is 6.24. The van der Waals surface area contributed by atoms with Crippen molar-refractivity contribution in [2.75, 3.05) is 0 Å². The monoisotopic (exact) mass is 176 g/mol. The molecule has 0 heterocycles. The van der Waals surface area contributed by atoms with Gasteiger partial charge in [-0.15, -0.1) is 0 Å². The van der Waals surface area contributed by atoms with Gasteiger partial charge in [-0.3, -0.25) is 0 Å². The highest BCUT2D eigenvalue weighted by Crippen LogP contribution is 2.54. The summed E-state index contributed by atoms with van der Waals surface area (Å²) in [6.07, 6.45) is 2.19. The maximum absolute atomic E-state index is 6.24. The second-order valence-corrected chi connectivity index (χ2v) is 5.75. The summed E-state index contributed by atoms with van der Waals surface area (Å²) in [7, 11) is 12.5. The first-order valence-corrected chi connectivity index (χ1v) is 5.14. The van der Waals surface area contributed by atoms with E-state index >= 15 is 0 Å². The fourth-order valence-electron chi connectivity index (χ4n) is 1.85. The van der Waals surface area contributed by atoms with Crippen molar-refractivity contribution in [1.82, 2.24) is 0 Å². The molecule has 0 unspecified atom stereocenters. The van der Waals surface area contributed by atoms with Crippen molar-refractivity contribution in [1.29, 1.82) is 0 Å². The summed E-state index contributed by atoms with van der Waals surface area (Å²) >= 11 is 0. The van der Waals surface area contributed by atoms with Crippen LogP contribution in [0.4, 0.5) is 0 Å². The van der Waals surface area contributed by atoms with E-state index in [1.54, 1.807) is 0 Å². The second-order valence-electron chi connectivity index (χ2n) is 5.75. The lowest BCUT2D eigenvalue weighted by Crippen LogP contribution is -2.42. The minimum absolute atomic E-state index is 0.0139. The summed E-state index contributed by atoms with van der Waals surface area (Å²) in [4.78, 5) is 0. The third-order valence-corrected chi connectivity index (χ3v) is 3.24. The van der Waals surface area contributed by atoms with Crippen molar-refractivity contribution in [3.63, 3.8) is 0 Å². The molecule has 0 rings (SSSR count). The zero-order valence-corrected chi connectivity index (χ0v) is 10.1. The highest BCUT2D eigenvalue weighted by molar-refractivity contribution is 6.41. The normalized spacial score (nSPS) is 14.6. The molecule has 72 valence electrons. The van der Waals surface area contributed by atoms with Crippen molar-refractivity contribution in [2.45, 2.75) is 59.6 Å². The smallest absolute Gasteiger partial charge is 0.0634 e. The van der Waals surface area contributed by atoms with Crippen LogP contribution in [0.5, 0.6) is 0 Å². The van der Waals surface area contributed by atoms with Crippen LogP contribution in [0.2, 0.25) is 5.21 Å². The van der Waals surface area contributed by atoms with E-state index in [0.717, 1.165) is 12.8 Å². The summed E-state index contributed by atoms with van der Waals surface area (Å²) < 4.78 is 0. The lowest BCUT2D eigenvalue weighted by atomic mass is 9.34. The highest BCUT2D eigenvalue weighted by atomic mass is 14.4. The molecule has 0 N–H and O–H groups in total. The summed E-state index contributed by atoms with van der Waals surface area (Å²) in [5.41, 5.74) is -0.0777. The topological polar surface area (TPSA) is 0 Å². The Hall–Kier alpha value is 0.130. The Kier molecular flexibility index (Phi) is 3.75. The molecule has 0 amide bonds. The Morgan fingerprint density at radius 3 is 1.54 bits per heavy atom. The Balaban J connectivity index is 4.81. The van der Waals surface area contributed by atoms with Crippen molar-refractivity contribution in [2.24, 2.45) is 10.8 Å². The average molecular weight is 176 g/mol. The van der Waals surface area contributed by atoms with E-state index in [9.17, 15) is 0 Å². The molecule has 0 aliphatic rings. The van der Waals surface area contributed by atoms with E-state index in [2.05, 4.69) is 41.5 Å². The molecule has 0 bridgehead atoms. The van der Waals surface area contributed by atoms with Gasteiger partial charge in [-0.1, -0.05) is 53.2 Å². The van der Waals surface area contributed by atoms with Crippen LogP contribution in [0.3, 0.4) is 0 Å². The van der Waals surface area contributed by atoms with Crippen molar-refractivity contribution in [3.05, 3.63) is 0 Å². The van der Waals surface area contributed by atoms with E-state index in [-0.39, 0.29) is 10.8 Å². The first-order chi connectivity index (χ1) is 5.56. The number of hydrogen-bond acceptors (Lipinski definition) is 0. The third-order valence-electron chi connectivity index (χ3n) is 3.24. The predicted octanol–water partition coefficient (Wildman–Crippen LogP) is 3.31. The van der Waals surface area contributed by atoms with Gasteiger partial charge >= 0.3 is 0 Å². The summed E-state index contributed by atoms with van der Waals surface area (Å²) in [6, 6.07) is 0. The van der Waals surface area contributed by atoms with Crippen LogP contribution in [-0.2, 0) is 0 Å². The Bertz CT molecular complexity index is 163. The standard InChI is InChI=1S/C11H22B2/c1-7-8-10(5,6)11(12,13)9(2,3)4/h7-8H2,1-6H3. The van der Waals surface area contributed by atoms with Crippen LogP contribution in [0.25, 0.3) is 0 Å². The van der Waals surface area contributed by atoms with E-state index < -0.39 is 5.21 Å². The molecule has 0 aromatic heterocycles. The third kappa shape index (κ3) is 2.54. The van der Waals surface area contributed by atoms with Gasteiger partial charge in [-0.2, -0.15) is 0 Å². The molecule has 0 aromatic carbocycles. The van der Waals surface area contributed by atoms with Gasteiger partial charge in [0, 0.05) is 0 Å². The molecule has 0 fully saturated rings. The molecule has 0 saturated carbocycles. The van der Waals surface area contributed by atoms with Gasteiger partial charge in [0.1, 0.15) is 0 Å². The highest BCUT2D eigenvalue weighted by Gasteiger charge is 2.43. The fraction of sp³-hybridized carbons (Fsp3) is 1.00. The first-order valence-electron chi connectivity index (χ1n) is 5.14. The summed E-state index contributed by atoms with van der Waals surface area (Å²) in [6.45, 7) is 12.8. The van der Waals surface area contributed by atoms with Crippen LogP contribution in [0, 0.1) is 10.8 Å². The van der Waals surface area contributed by atoms with Gasteiger partial charge in [-0.25, -0.2) is 0 Å². The van der Waals surface area contributed by atoms with E-state index in [1.807, 2.05) is 0 Å². The molecule has 0 spiro atoms. The number of rotatable bonds is 3. The van der Waals surface area contributed by atoms with Crippen LogP contribution in [0.15, 0.2) is 0 Å². The predicted molar refractivity (Wildman–Crippen MR) is 62.3 cm³/mol. The van der Waals surface area contributed by atoms with E-state index in [1.165, 1.54) is 0 Å². The van der Waals surface area contributed by atoms with Crippen molar-refractivity contribution in [3.8, 4) is 0 Å². The Morgan fingerprint density at radius 2 is 1.31 bits per heavy atom. The average Bonchev–Trinajstić information content (AvgIpc) is 1.84. The molecule has 2 heteroatoms. The van der Waals surface area contributed by atoms with Gasteiger partial charge < -0.3 is 0 Å². The van der Waals surface area contributed by atoms with Crippen molar-refractivity contribution >= 4 is 15.7 Å². The van der Waals surface area contributed by atoms with Gasteiger partial charge in [0.2, 0.25) is 0 Å². The van der Waals surface area contributed by atoms with Crippen LogP contribution >= 0.6 is 0 Å². The molecule has 13 heavy (non-hydrogen) atoms. The molecule has 0 nitrogen and oxygen atoms in total. The van der Waals surface area contributed by atoms with Gasteiger partial charge in [0.25, 0.3) is 0 Å². The van der Waals surface area contributed by atoms with Gasteiger partial charge in [0.15, 0.2) is 0 Å². The van der Waals surface area contributed by atoms with Crippen LogP contribution in [0.1, 0.15) is 54.4 Å². The lowest BCUT2D eigenvalue weighted by molar-refractivity contribution is 0.165. The quantitative estimate of drug-likeness (QED) is 0.578. The molecule has 0 saturated heterocycles. The van der Waals surface area contributed by atoms with E-state index in [4.69, 9.17) is 15.7 Å². The van der Waals surface area contributed by atoms with Crippen LogP contribution < -0.4 is 0 Å². The first kappa shape index (κ1) is 13.1. The Morgan fingerprint density at radius 1 is 0.923 bits per heavy atom. The fourth-order valence-corrected chi connectivity index (χ4v) is 1.85. The van der Waals surface area contributed by atoms with Gasteiger partial charge in [0.05, 0.1) is 15.7 Å². The Labute approximate surface area is 86.7 Å². The largest absolute Gasteiger partial charge is 0.0894 e. The maximum Gasteiger partial charge on any atom is 0.0634 e. The minimum Gasteiger partial charge on any atom is -0.0894 e. The van der Waals surface area contributed by atoms with E-state index in [0.29, 0.717) is 0 Å². The zero-order chi connectivity index (χ0) is 10.9. The summed E-state index contributed by atoms with van der Waals surface area (Å²) in [5.74, 6) is 0. The zero-order valence-electron chi connectivity index (χ0n) is 10.1. The molecule has 4 radical (unpaired) electrons. The molecular weight excluding hydrogens is 154 g/mol. The lowest BCUT2D eigenvalue weighted by Gasteiger charge is -2.52. The van der Waals surface area contributed by atoms with Gasteiger partial charge in [-0.05, 0) is 17.3 Å². The molecular formula is C11H22B2.